The number of aromatic nitrogens is 3. The summed E-state index contributed by atoms with van der Waals surface area (Å²) in [6.07, 6.45) is 3.67. The van der Waals surface area contributed by atoms with Crippen LogP contribution in [0.3, 0.4) is 0 Å². The molecule has 0 unspecified atom stereocenters. The van der Waals surface area contributed by atoms with E-state index in [4.69, 9.17) is 9.47 Å². The Bertz CT molecular complexity index is 607. The van der Waals surface area contributed by atoms with Crippen LogP contribution in [-0.4, -0.2) is 60.3 Å². The first-order valence-electron chi connectivity index (χ1n) is 7.62. The molecule has 0 aliphatic carbocycles. The van der Waals surface area contributed by atoms with Gasteiger partial charge in [-0.3, -0.25) is 9.88 Å². The third-order valence-corrected chi connectivity index (χ3v) is 3.90. The smallest absolute Gasteiger partial charge is 0.232 e. The van der Waals surface area contributed by atoms with E-state index in [0.717, 1.165) is 32.7 Å². The molecule has 3 heterocycles. The molecule has 2 aromatic heterocycles. The van der Waals surface area contributed by atoms with Gasteiger partial charge < -0.3 is 14.4 Å². The van der Waals surface area contributed by atoms with Gasteiger partial charge in [-0.2, -0.15) is 9.97 Å². The molecule has 1 aliphatic rings. The molecule has 23 heavy (non-hydrogen) atoms. The van der Waals surface area contributed by atoms with Crippen LogP contribution in [0, 0.1) is 0 Å². The SMILES string of the molecule is COc1cc(OC)nc(N2CCN(Cc3ccncc3)CC2)n1. The van der Waals surface area contributed by atoms with E-state index >= 15 is 0 Å². The fourth-order valence-electron chi connectivity index (χ4n) is 2.60. The molecule has 0 bridgehead atoms. The van der Waals surface area contributed by atoms with Crippen molar-refractivity contribution >= 4 is 5.95 Å². The van der Waals surface area contributed by atoms with Crippen LogP contribution < -0.4 is 14.4 Å². The van der Waals surface area contributed by atoms with Gasteiger partial charge in [0.1, 0.15) is 0 Å². The monoisotopic (exact) mass is 315 g/mol. The number of pyridine rings is 1. The molecule has 0 radical (unpaired) electrons. The Hall–Kier alpha value is -2.41. The van der Waals surface area contributed by atoms with Crippen molar-refractivity contribution in [3.8, 4) is 11.8 Å². The zero-order valence-corrected chi connectivity index (χ0v) is 13.5. The van der Waals surface area contributed by atoms with Crippen molar-refractivity contribution in [2.45, 2.75) is 6.54 Å². The lowest BCUT2D eigenvalue weighted by Gasteiger charge is -2.34. The summed E-state index contributed by atoms with van der Waals surface area (Å²) < 4.78 is 10.4. The summed E-state index contributed by atoms with van der Waals surface area (Å²) in [5.41, 5.74) is 1.28. The zero-order valence-electron chi connectivity index (χ0n) is 13.5. The molecular formula is C16H21N5O2. The van der Waals surface area contributed by atoms with Crippen LogP contribution in [0.15, 0.2) is 30.6 Å². The van der Waals surface area contributed by atoms with Crippen LogP contribution in [-0.2, 0) is 6.54 Å². The number of hydrogen-bond donors (Lipinski definition) is 0. The lowest BCUT2D eigenvalue weighted by atomic mass is 10.2. The number of nitrogens with zero attached hydrogens (tertiary/aromatic N) is 5. The van der Waals surface area contributed by atoms with Crippen LogP contribution in [0.25, 0.3) is 0 Å². The molecule has 3 rings (SSSR count). The Balaban J connectivity index is 1.62. The van der Waals surface area contributed by atoms with E-state index in [1.165, 1.54) is 5.56 Å². The molecule has 0 N–H and O–H groups in total. The Labute approximate surface area is 135 Å². The third-order valence-electron chi connectivity index (χ3n) is 3.90. The van der Waals surface area contributed by atoms with E-state index in [2.05, 4.69) is 36.9 Å². The van der Waals surface area contributed by atoms with Gasteiger partial charge >= 0.3 is 0 Å². The van der Waals surface area contributed by atoms with Gasteiger partial charge in [0, 0.05) is 45.1 Å². The van der Waals surface area contributed by atoms with E-state index in [9.17, 15) is 0 Å². The largest absolute Gasteiger partial charge is 0.481 e. The second kappa shape index (κ2) is 7.23. The van der Waals surface area contributed by atoms with E-state index in [0.29, 0.717) is 17.7 Å². The second-order valence-electron chi connectivity index (χ2n) is 5.37. The molecule has 1 aliphatic heterocycles. The standard InChI is InChI=1S/C16H21N5O2/c1-22-14-11-15(23-2)19-16(18-14)21-9-7-20(8-10-21)12-13-3-5-17-6-4-13/h3-6,11H,7-10,12H2,1-2H3. The number of ether oxygens (including phenoxy) is 2. The molecule has 1 fully saturated rings. The van der Waals surface area contributed by atoms with Crippen molar-refractivity contribution in [2.75, 3.05) is 45.3 Å². The molecule has 2 aromatic rings. The van der Waals surface area contributed by atoms with E-state index < -0.39 is 0 Å². The summed E-state index contributed by atoms with van der Waals surface area (Å²) in [6, 6.07) is 5.80. The molecule has 0 amide bonds. The van der Waals surface area contributed by atoms with Crippen molar-refractivity contribution in [1.82, 2.24) is 19.9 Å². The van der Waals surface area contributed by atoms with Gasteiger partial charge in [0.2, 0.25) is 17.7 Å². The van der Waals surface area contributed by atoms with Crippen LogP contribution in [0.2, 0.25) is 0 Å². The summed E-state index contributed by atoms with van der Waals surface area (Å²) in [4.78, 5) is 17.5. The van der Waals surface area contributed by atoms with Crippen molar-refractivity contribution in [3.63, 3.8) is 0 Å². The molecule has 7 heteroatoms. The average molecular weight is 315 g/mol. The summed E-state index contributed by atoms with van der Waals surface area (Å²) in [5, 5.41) is 0. The maximum absolute atomic E-state index is 5.21. The minimum atomic E-state index is 0.520. The fraction of sp³-hybridized carbons (Fsp3) is 0.438. The van der Waals surface area contributed by atoms with E-state index in [-0.39, 0.29) is 0 Å². The molecule has 0 aromatic carbocycles. The highest BCUT2D eigenvalue weighted by Gasteiger charge is 2.20. The molecule has 0 saturated carbocycles. The van der Waals surface area contributed by atoms with Crippen LogP contribution >= 0.6 is 0 Å². The van der Waals surface area contributed by atoms with Gasteiger partial charge in [0.15, 0.2) is 0 Å². The van der Waals surface area contributed by atoms with Gasteiger partial charge in [-0.15, -0.1) is 0 Å². The highest BCUT2D eigenvalue weighted by atomic mass is 16.5. The number of rotatable bonds is 5. The maximum atomic E-state index is 5.21. The summed E-state index contributed by atoms with van der Waals surface area (Å²) >= 11 is 0. The van der Waals surface area contributed by atoms with Crippen LogP contribution in [0.1, 0.15) is 5.56 Å². The van der Waals surface area contributed by atoms with E-state index in [1.54, 1.807) is 20.3 Å². The Morgan fingerprint density at radius 3 is 2.13 bits per heavy atom. The zero-order chi connectivity index (χ0) is 16.1. The normalized spacial score (nSPS) is 15.5. The highest BCUT2D eigenvalue weighted by molar-refractivity contribution is 5.37. The first-order chi connectivity index (χ1) is 11.3. The molecule has 1 saturated heterocycles. The lowest BCUT2D eigenvalue weighted by molar-refractivity contribution is 0.248. The predicted octanol–water partition coefficient (Wildman–Crippen LogP) is 1.21. The van der Waals surface area contributed by atoms with Gasteiger partial charge in [-0.25, -0.2) is 0 Å². The third kappa shape index (κ3) is 3.87. The summed E-state index contributed by atoms with van der Waals surface area (Å²) in [5.74, 6) is 1.70. The van der Waals surface area contributed by atoms with Crippen molar-refractivity contribution in [2.24, 2.45) is 0 Å². The Kier molecular flexibility index (Phi) is 4.87. The minimum Gasteiger partial charge on any atom is -0.481 e. The van der Waals surface area contributed by atoms with Crippen LogP contribution in [0.5, 0.6) is 11.8 Å². The average Bonchev–Trinajstić information content (AvgIpc) is 2.62. The molecular weight excluding hydrogens is 294 g/mol. The van der Waals surface area contributed by atoms with Gasteiger partial charge in [-0.1, -0.05) is 0 Å². The topological polar surface area (TPSA) is 63.6 Å². The fourth-order valence-corrected chi connectivity index (χ4v) is 2.60. The number of piperazine rings is 1. The first kappa shape index (κ1) is 15.5. The Morgan fingerprint density at radius 1 is 0.957 bits per heavy atom. The quantitative estimate of drug-likeness (QED) is 0.822. The van der Waals surface area contributed by atoms with Gasteiger partial charge in [0.25, 0.3) is 0 Å². The van der Waals surface area contributed by atoms with Crippen molar-refractivity contribution < 1.29 is 9.47 Å². The number of methoxy groups -OCH3 is 2. The minimum absolute atomic E-state index is 0.520. The van der Waals surface area contributed by atoms with E-state index in [1.807, 2.05) is 12.4 Å². The Morgan fingerprint density at radius 2 is 1.57 bits per heavy atom. The molecule has 0 spiro atoms. The van der Waals surface area contributed by atoms with Gasteiger partial charge in [-0.05, 0) is 17.7 Å². The molecule has 0 atom stereocenters. The maximum Gasteiger partial charge on any atom is 0.232 e. The molecule has 122 valence electrons. The molecule has 7 nitrogen and oxygen atoms in total. The van der Waals surface area contributed by atoms with Crippen molar-refractivity contribution in [1.29, 1.82) is 0 Å². The van der Waals surface area contributed by atoms with Crippen molar-refractivity contribution in [3.05, 3.63) is 36.2 Å². The van der Waals surface area contributed by atoms with Gasteiger partial charge in [0.05, 0.1) is 20.3 Å². The summed E-state index contributed by atoms with van der Waals surface area (Å²) in [6.45, 7) is 4.62. The second-order valence-corrected chi connectivity index (χ2v) is 5.37. The van der Waals surface area contributed by atoms with Crippen LogP contribution in [0.4, 0.5) is 5.95 Å². The lowest BCUT2D eigenvalue weighted by Crippen LogP contribution is -2.46. The highest BCUT2D eigenvalue weighted by Crippen LogP contribution is 2.21. The summed E-state index contributed by atoms with van der Waals surface area (Å²) in [7, 11) is 3.19. The number of anilines is 1. The predicted molar refractivity (Wildman–Crippen MR) is 86.9 cm³/mol. The number of hydrogen-bond acceptors (Lipinski definition) is 7. The first-order valence-corrected chi connectivity index (χ1v) is 7.62.